The molecule has 0 N–H and O–H groups in total. The maximum Gasteiger partial charge on any atom is 0.258 e. The molecule has 32 heavy (non-hydrogen) atoms. The number of amides is 1. The summed E-state index contributed by atoms with van der Waals surface area (Å²) in [5.41, 5.74) is 5.53. The smallest absolute Gasteiger partial charge is 0.258 e. The molecule has 0 fully saturated rings. The van der Waals surface area contributed by atoms with Gasteiger partial charge in [-0.05, 0) is 79.8 Å². The van der Waals surface area contributed by atoms with Gasteiger partial charge in [0.1, 0.15) is 5.75 Å². The van der Waals surface area contributed by atoms with Crippen LogP contribution in [0.25, 0.3) is 0 Å². The van der Waals surface area contributed by atoms with Crippen LogP contribution in [0.3, 0.4) is 0 Å². The van der Waals surface area contributed by atoms with Crippen LogP contribution in [-0.4, -0.2) is 37.6 Å². The number of anilines is 1. The van der Waals surface area contributed by atoms with E-state index in [0.717, 1.165) is 61.5 Å². The quantitative estimate of drug-likeness (QED) is 0.551. The number of fused-ring (bicyclic) bond motifs is 1. The molecule has 3 aromatic carbocycles. The van der Waals surface area contributed by atoms with E-state index in [0.29, 0.717) is 6.54 Å². The predicted molar refractivity (Wildman–Crippen MR) is 131 cm³/mol. The fraction of sp³-hybridized carbons (Fsp3) is 0.321. The van der Waals surface area contributed by atoms with Gasteiger partial charge in [-0.15, -0.1) is 0 Å². The van der Waals surface area contributed by atoms with E-state index in [1.807, 2.05) is 47.4 Å². The van der Waals surface area contributed by atoms with Crippen molar-refractivity contribution in [2.45, 2.75) is 32.7 Å². The maximum absolute atomic E-state index is 13.7. The molecule has 0 saturated carbocycles. The van der Waals surface area contributed by atoms with Gasteiger partial charge < -0.3 is 9.64 Å². The molecule has 0 spiro atoms. The molecule has 1 heterocycles. The molecule has 0 radical (unpaired) electrons. The summed E-state index contributed by atoms with van der Waals surface area (Å²) in [6.45, 7) is 5.58. The number of carbonyl (C=O) groups excluding carboxylic acids is 1. The highest BCUT2D eigenvalue weighted by Crippen LogP contribution is 2.24. The number of methoxy groups -OCH3 is 1. The molecule has 4 nitrogen and oxygen atoms in total. The summed E-state index contributed by atoms with van der Waals surface area (Å²) < 4.78 is 5.32. The van der Waals surface area contributed by atoms with Crippen LogP contribution in [0.2, 0.25) is 0 Å². The van der Waals surface area contributed by atoms with Crippen molar-refractivity contribution in [2.24, 2.45) is 0 Å². The molecule has 1 amide bonds. The van der Waals surface area contributed by atoms with Gasteiger partial charge in [0.15, 0.2) is 0 Å². The van der Waals surface area contributed by atoms with Crippen LogP contribution in [0.5, 0.6) is 5.75 Å². The minimum absolute atomic E-state index is 0.0727. The van der Waals surface area contributed by atoms with Crippen molar-refractivity contribution in [1.29, 1.82) is 0 Å². The Hall–Kier alpha value is -3.11. The van der Waals surface area contributed by atoms with Gasteiger partial charge in [0.25, 0.3) is 5.91 Å². The second-order valence-electron chi connectivity index (χ2n) is 8.47. The zero-order valence-corrected chi connectivity index (χ0v) is 19.1. The summed E-state index contributed by atoms with van der Waals surface area (Å²) in [6.07, 6.45) is 3.13. The number of aryl methyl sites for hydroxylation is 2. The largest absolute Gasteiger partial charge is 0.497 e. The third-order valence-corrected chi connectivity index (χ3v) is 6.34. The van der Waals surface area contributed by atoms with E-state index in [1.54, 1.807) is 7.11 Å². The Kier molecular flexibility index (Phi) is 7.23. The summed E-state index contributed by atoms with van der Waals surface area (Å²) in [5.74, 6) is 0.865. The van der Waals surface area contributed by atoms with Crippen LogP contribution in [0.15, 0.2) is 72.8 Å². The first-order chi connectivity index (χ1) is 15.7. The number of hydrogen-bond donors (Lipinski definition) is 0. The number of nitrogens with zero attached hydrogens (tertiary/aromatic N) is 2. The summed E-state index contributed by atoms with van der Waals surface area (Å²) in [6, 6.07) is 24.4. The van der Waals surface area contributed by atoms with E-state index in [1.165, 1.54) is 11.1 Å². The Morgan fingerprint density at radius 3 is 2.38 bits per heavy atom. The third-order valence-electron chi connectivity index (χ3n) is 6.34. The van der Waals surface area contributed by atoms with Gasteiger partial charge in [-0.3, -0.25) is 9.69 Å². The highest BCUT2D eigenvalue weighted by Gasteiger charge is 2.22. The van der Waals surface area contributed by atoms with Gasteiger partial charge in [-0.2, -0.15) is 0 Å². The van der Waals surface area contributed by atoms with Crippen molar-refractivity contribution in [3.8, 4) is 5.75 Å². The van der Waals surface area contributed by atoms with Gasteiger partial charge in [0.2, 0.25) is 0 Å². The maximum atomic E-state index is 13.7. The average molecular weight is 429 g/mol. The van der Waals surface area contributed by atoms with Crippen molar-refractivity contribution in [3.63, 3.8) is 0 Å². The molecule has 166 valence electrons. The molecule has 1 aliphatic rings. The molecule has 0 unspecified atom stereocenters. The van der Waals surface area contributed by atoms with Gasteiger partial charge in [-0.25, -0.2) is 0 Å². The average Bonchev–Trinajstić information content (AvgIpc) is 2.85. The highest BCUT2D eigenvalue weighted by atomic mass is 16.5. The lowest BCUT2D eigenvalue weighted by molar-refractivity contribution is 0.0982. The molecule has 0 atom stereocenters. The Labute approximate surface area is 191 Å². The summed E-state index contributed by atoms with van der Waals surface area (Å²) in [5, 5.41) is 0. The molecule has 0 aromatic heterocycles. The molecule has 3 aromatic rings. The first-order valence-corrected chi connectivity index (χ1v) is 11.5. The minimum atomic E-state index is 0.0727. The molecule has 4 heteroatoms. The highest BCUT2D eigenvalue weighted by molar-refractivity contribution is 6.07. The van der Waals surface area contributed by atoms with E-state index in [9.17, 15) is 4.79 Å². The van der Waals surface area contributed by atoms with Crippen molar-refractivity contribution in [1.82, 2.24) is 4.90 Å². The van der Waals surface area contributed by atoms with E-state index < -0.39 is 0 Å². The molecular weight excluding hydrogens is 396 g/mol. The van der Waals surface area contributed by atoms with Gasteiger partial charge >= 0.3 is 0 Å². The number of rotatable bonds is 4. The van der Waals surface area contributed by atoms with Gasteiger partial charge in [0, 0.05) is 30.9 Å². The first-order valence-electron chi connectivity index (χ1n) is 11.5. The Bertz CT molecular complexity index is 1050. The van der Waals surface area contributed by atoms with E-state index in [2.05, 4.69) is 42.2 Å². The van der Waals surface area contributed by atoms with Crippen molar-refractivity contribution in [2.75, 3.05) is 31.6 Å². The van der Waals surface area contributed by atoms with Crippen molar-refractivity contribution in [3.05, 3.63) is 95.1 Å². The number of benzene rings is 3. The summed E-state index contributed by atoms with van der Waals surface area (Å²) in [4.78, 5) is 18.1. The number of carbonyl (C=O) groups is 1. The van der Waals surface area contributed by atoms with Crippen molar-refractivity contribution >= 4 is 11.6 Å². The molecule has 0 bridgehead atoms. The number of ether oxygens (including phenoxy) is 1. The zero-order valence-electron chi connectivity index (χ0n) is 19.1. The van der Waals surface area contributed by atoms with E-state index >= 15 is 0 Å². The molecule has 1 aliphatic heterocycles. The topological polar surface area (TPSA) is 32.8 Å². The Morgan fingerprint density at radius 2 is 1.59 bits per heavy atom. The third kappa shape index (κ3) is 5.20. The molecular formula is C28H32N2O2. The van der Waals surface area contributed by atoms with E-state index in [-0.39, 0.29) is 5.91 Å². The lowest BCUT2D eigenvalue weighted by Crippen LogP contribution is -2.39. The standard InChI is InChI=1S/C28H32N2O2/c1-22-9-3-4-12-24(22)21-29-18-8-7-11-23-10-5-6-13-27(23)28(31)30(20-19-29)25-14-16-26(32-2)17-15-25/h3-6,9-10,12-17H,7-8,11,18-21H2,1-2H3. The second kappa shape index (κ2) is 10.5. The lowest BCUT2D eigenvalue weighted by atomic mass is 10.0. The first kappa shape index (κ1) is 22.1. The van der Waals surface area contributed by atoms with Crippen LogP contribution in [0.1, 0.15) is 39.9 Å². The number of hydrogen-bond acceptors (Lipinski definition) is 3. The Balaban J connectivity index is 1.64. The molecule has 4 rings (SSSR count). The monoisotopic (exact) mass is 428 g/mol. The van der Waals surface area contributed by atoms with Gasteiger partial charge in [-0.1, -0.05) is 42.5 Å². The second-order valence-corrected chi connectivity index (χ2v) is 8.47. The minimum Gasteiger partial charge on any atom is -0.497 e. The zero-order chi connectivity index (χ0) is 22.3. The van der Waals surface area contributed by atoms with Crippen LogP contribution >= 0.6 is 0 Å². The van der Waals surface area contributed by atoms with Gasteiger partial charge in [0.05, 0.1) is 7.11 Å². The van der Waals surface area contributed by atoms with E-state index in [4.69, 9.17) is 4.74 Å². The predicted octanol–water partition coefficient (Wildman–Crippen LogP) is 5.49. The van der Waals surface area contributed by atoms with Crippen LogP contribution < -0.4 is 9.64 Å². The van der Waals surface area contributed by atoms with Crippen LogP contribution in [-0.2, 0) is 13.0 Å². The Morgan fingerprint density at radius 1 is 0.844 bits per heavy atom. The lowest BCUT2D eigenvalue weighted by Gasteiger charge is -2.28. The summed E-state index contributed by atoms with van der Waals surface area (Å²) >= 11 is 0. The summed E-state index contributed by atoms with van der Waals surface area (Å²) in [7, 11) is 1.66. The van der Waals surface area contributed by atoms with Crippen LogP contribution in [0, 0.1) is 6.92 Å². The normalized spacial score (nSPS) is 15.7. The van der Waals surface area contributed by atoms with Crippen molar-refractivity contribution < 1.29 is 9.53 Å². The molecule has 0 aliphatic carbocycles. The molecule has 0 saturated heterocycles. The van der Waals surface area contributed by atoms with Crippen LogP contribution in [0.4, 0.5) is 5.69 Å². The fourth-order valence-electron chi connectivity index (χ4n) is 4.39. The SMILES string of the molecule is COc1ccc(N2CCN(Cc3ccccc3C)CCCCc3ccccc3C2=O)cc1. The fourth-order valence-corrected chi connectivity index (χ4v) is 4.39.